The Bertz CT molecular complexity index is 431. The van der Waals surface area contributed by atoms with Crippen molar-refractivity contribution in [2.75, 3.05) is 7.11 Å². The third-order valence-electron chi connectivity index (χ3n) is 1.94. The molecule has 15 heavy (non-hydrogen) atoms. The van der Waals surface area contributed by atoms with Crippen molar-refractivity contribution in [2.45, 2.75) is 0 Å². The molecule has 0 atom stereocenters. The van der Waals surface area contributed by atoms with E-state index in [-0.39, 0.29) is 15.0 Å². The van der Waals surface area contributed by atoms with E-state index in [0.717, 1.165) is 5.75 Å². The maximum absolute atomic E-state index is 5.29. The average Bonchev–Trinajstić information content (AvgIpc) is 2.31. The van der Waals surface area contributed by atoms with Crippen LogP contribution in [-0.2, 0) is 0 Å². The molecule has 2 nitrogen and oxygen atoms in total. The van der Waals surface area contributed by atoms with E-state index in [4.69, 9.17) is 4.74 Å². The first kappa shape index (κ1) is 10.2. The predicted molar refractivity (Wildman–Crippen MR) is 62.3 cm³/mol. The molecule has 1 aromatic carbocycles. The minimum absolute atomic E-state index is 0.265. The molecule has 0 spiro atoms. The summed E-state index contributed by atoms with van der Waals surface area (Å²) in [5.74, 6) is 0.925. The van der Waals surface area contributed by atoms with Crippen LogP contribution >= 0.6 is 0 Å². The van der Waals surface area contributed by atoms with E-state index >= 15 is 0 Å². The topological polar surface area (TPSA) is 22.1 Å². The third-order valence-corrected chi connectivity index (χ3v) is 4.11. The standard InChI is InChI=1S/C12H11NOSe/c1-14-11-7-8-13-9-12(11)15-10-5-3-2-4-6-10/h2-9H,1H3. The molecule has 76 valence electrons. The van der Waals surface area contributed by atoms with Gasteiger partial charge in [-0.05, 0) is 0 Å². The summed E-state index contributed by atoms with van der Waals surface area (Å²) in [4.78, 5) is 4.13. The molecule has 0 fully saturated rings. The second-order valence-electron chi connectivity index (χ2n) is 2.94. The normalized spacial score (nSPS) is 9.93. The van der Waals surface area contributed by atoms with Crippen molar-refractivity contribution in [3.63, 3.8) is 0 Å². The molecule has 2 aromatic rings. The van der Waals surface area contributed by atoms with Gasteiger partial charge in [-0.3, -0.25) is 0 Å². The fraction of sp³-hybridized carbons (Fsp3) is 0.0833. The first-order chi connectivity index (χ1) is 7.40. The second kappa shape index (κ2) is 4.96. The van der Waals surface area contributed by atoms with Crippen molar-refractivity contribution in [3.05, 3.63) is 48.8 Å². The monoisotopic (exact) mass is 265 g/mol. The molecule has 1 heterocycles. The quantitative estimate of drug-likeness (QED) is 0.763. The molecule has 0 aliphatic carbocycles. The number of rotatable bonds is 3. The fourth-order valence-corrected chi connectivity index (χ4v) is 3.14. The van der Waals surface area contributed by atoms with Crippen LogP contribution in [-0.4, -0.2) is 27.1 Å². The molecule has 0 aliphatic rings. The van der Waals surface area contributed by atoms with Crippen LogP contribution in [0.3, 0.4) is 0 Å². The Morgan fingerprint density at radius 1 is 1.13 bits per heavy atom. The van der Waals surface area contributed by atoms with E-state index in [1.54, 1.807) is 13.3 Å². The Morgan fingerprint density at radius 2 is 1.93 bits per heavy atom. The fourth-order valence-electron chi connectivity index (χ4n) is 1.23. The average molecular weight is 264 g/mol. The summed E-state index contributed by atoms with van der Waals surface area (Å²) < 4.78 is 7.80. The number of ether oxygens (including phenoxy) is 1. The summed E-state index contributed by atoms with van der Waals surface area (Å²) >= 11 is 0.265. The molecule has 3 heteroatoms. The molecule has 0 amide bonds. The van der Waals surface area contributed by atoms with Crippen LogP contribution < -0.4 is 13.7 Å². The Morgan fingerprint density at radius 3 is 2.67 bits per heavy atom. The van der Waals surface area contributed by atoms with Crippen LogP contribution in [0.25, 0.3) is 0 Å². The number of hydrogen-bond acceptors (Lipinski definition) is 2. The first-order valence-electron chi connectivity index (χ1n) is 4.61. The molecule has 0 unspecified atom stereocenters. The van der Waals surface area contributed by atoms with E-state index < -0.39 is 0 Å². The molecular weight excluding hydrogens is 253 g/mol. The molecule has 0 radical (unpaired) electrons. The number of methoxy groups -OCH3 is 1. The van der Waals surface area contributed by atoms with Gasteiger partial charge in [0.2, 0.25) is 0 Å². The summed E-state index contributed by atoms with van der Waals surface area (Å²) in [5.41, 5.74) is 0. The van der Waals surface area contributed by atoms with Gasteiger partial charge in [-0.2, -0.15) is 0 Å². The number of pyridine rings is 1. The Kier molecular flexibility index (Phi) is 3.38. The second-order valence-corrected chi connectivity index (χ2v) is 5.28. The van der Waals surface area contributed by atoms with Crippen molar-refractivity contribution in [1.82, 2.24) is 4.98 Å². The number of hydrogen-bond donors (Lipinski definition) is 0. The zero-order valence-corrected chi connectivity index (χ0v) is 10.1. The van der Waals surface area contributed by atoms with Gasteiger partial charge in [0.15, 0.2) is 0 Å². The third kappa shape index (κ3) is 2.58. The number of benzene rings is 1. The van der Waals surface area contributed by atoms with Gasteiger partial charge in [-0.15, -0.1) is 0 Å². The van der Waals surface area contributed by atoms with Gasteiger partial charge in [0.05, 0.1) is 0 Å². The molecule has 0 saturated heterocycles. The molecule has 0 aliphatic heterocycles. The number of nitrogens with zero attached hydrogens (tertiary/aromatic N) is 1. The zero-order valence-electron chi connectivity index (χ0n) is 8.38. The number of aromatic nitrogens is 1. The summed E-state index contributed by atoms with van der Waals surface area (Å²) in [5, 5.41) is 0. The Hall–Kier alpha value is -1.31. The molecular formula is C12H11NOSe. The van der Waals surface area contributed by atoms with Gasteiger partial charge in [-0.1, -0.05) is 0 Å². The first-order valence-corrected chi connectivity index (χ1v) is 6.32. The van der Waals surface area contributed by atoms with E-state index in [9.17, 15) is 0 Å². The molecule has 0 N–H and O–H groups in total. The summed E-state index contributed by atoms with van der Waals surface area (Å²) in [6.07, 6.45) is 3.63. The van der Waals surface area contributed by atoms with Crippen molar-refractivity contribution in [3.8, 4) is 5.75 Å². The van der Waals surface area contributed by atoms with Crippen molar-refractivity contribution in [2.24, 2.45) is 0 Å². The van der Waals surface area contributed by atoms with Crippen LogP contribution in [0, 0.1) is 0 Å². The Labute approximate surface area is 95.5 Å². The maximum atomic E-state index is 5.29. The van der Waals surface area contributed by atoms with Crippen molar-refractivity contribution >= 4 is 23.9 Å². The summed E-state index contributed by atoms with van der Waals surface area (Å²) in [6, 6.07) is 12.3. The van der Waals surface area contributed by atoms with Gasteiger partial charge in [-0.25, -0.2) is 0 Å². The van der Waals surface area contributed by atoms with Gasteiger partial charge < -0.3 is 0 Å². The molecule has 2 rings (SSSR count). The Balaban J connectivity index is 2.24. The molecule has 0 saturated carbocycles. The molecule has 0 bridgehead atoms. The summed E-state index contributed by atoms with van der Waals surface area (Å²) in [6.45, 7) is 0. The van der Waals surface area contributed by atoms with E-state index in [2.05, 4.69) is 29.2 Å². The van der Waals surface area contributed by atoms with Crippen LogP contribution in [0.4, 0.5) is 0 Å². The van der Waals surface area contributed by atoms with Gasteiger partial charge in [0.1, 0.15) is 0 Å². The predicted octanol–water partition coefficient (Wildman–Crippen LogP) is 0.745. The van der Waals surface area contributed by atoms with Gasteiger partial charge in [0.25, 0.3) is 0 Å². The van der Waals surface area contributed by atoms with Crippen LogP contribution in [0.15, 0.2) is 48.8 Å². The van der Waals surface area contributed by atoms with Crippen molar-refractivity contribution in [1.29, 1.82) is 0 Å². The van der Waals surface area contributed by atoms with Gasteiger partial charge >= 0.3 is 95.3 Å². The molecule has 1 aromatic heterocycles. The van der Waals surface area contributed by atoms with Crippen molar-refractivity contribution < 1.29 is 4.74 Å². The van der Waals surface area contributed by atoms with E-state index in [1.807, 2.05) is 18.3 Å². The van der Waals surface area contributed by atoms with Crippen LogP contribution in [0.2, 0.25) is 0 Å². The van der Waals surface area contributed by atoms with E-state index in [0.29, 0.717) is 0 Å². The van der Waals surface area contributed by atoms with E-state index in [1.165, 1.54) is 8.92 Å². The van der Waals surface area contributed by atoms with Gasteiger partial charge in [0, 0.05) is 0 Å². The summed E-state index contributed by atoms with van der Waals surface area (Å²) in [7, 11) is 1.69. The zero-order chi connectivity index (χ0) is 10.5. The van der Waals surface area contributed by atoms with Crippen LogP contribution in [0.1, 0.15) is 0 Å². The minimum atomic E-state index is 0.265. The van der Waals surface area contributed by atoms with Crippen LogP contribution in [0.5, 0.6) is 5.75 Å². The SMILES string of the molecule is COc1ccncc1[Se]c1ccccc1.